The molecule has 0 bridgehead atoms. The Morgan fingerprint density at radius 3 is 2.69 bits per heavy atom. The van der Waals surface area contributed by atoms with Gasteiger partial charge in [0.15, 0.2) is 0 Å². The summed E-state index contributed by atoms with van der Waals surface area (Å²) in [5.41, 5.74) is 2.90. The second kappa shape index (κ2) is 9.74. The van der Waals surface area contributed by atoms with Gasteiger partial charge in [-0.3, -0.25) is 9.69 Å². The number of ether oxygens (including phenoxy) is 1. The summed E-state index contributed by atoms with van der Waals surface area (Å²) in [6, 6.07) is 14.8. The average molecular weight is 434 g/mol. The lowest BCUT2D eigenvalue weighted by Crippen LogP contribution is -2.38. The number of esters is 1. The second-order valence-electron chi connectivity index (χ2n) is 7.96. The molecular formula is C24H26N4O4. The molecule has 1 N–H and O–H groups in total. The molecule has 3 aromatic rings. The van der Waals surface area contributed by atoms with Crippen molar-refractivity contribution in [1.82, 2.24) is 15.0 Å². The van der Waals surface area contributed by atoms with E-state index in [0.29, 0.717) is 42.4 Å². The fraction of sp³-hybridized carbons (Fsp3) is 0.333. The van der Waals surface area contributed by atoms with Crippen LogP contribution in [0.25, 0.3) is 11.4 Å². The molecule has 166 valence electrons. The molecule has 2 aromatic carbocycles. The highest BCUT2D eigenvalue weighted by atomic mass is 16.5. The molecule has 1 fully saturated rings. The number of nitrogens with zero attached hydrogens (tertiary/aromatic N) is 3. The number of methoxy groups -OCH3 is 1. The van der Waals surface area contributed by atoms with E-state index >= 15 is 0 Å². The van der Waals surface area contributed by atoms with Gasteiger partial charge < -0.3 is 14.6 Å². The number of anilines is 1. The SMILES string of the molecule is COC(=O)c1ccccc1NC(=O)C1CCN(Cc2nc(-c3cccc(C)c3)no2)CC1. The molecule has 1 aliphatic heterocycles. The molecule has 0 radical (unpaired) electrons. The van der Waals surface area contributed by atoms with Gasteiger partial charge in [0.25, 0.3) is 0 Å². The number of likely N-dealkylation sites (tertiary alicyclic amines) is 1. The van der Waals surface area contributed by atoms with Gasteiger partial charge in [0.2, 0.25) is 17.6 Å². The normalized spacial score (nSPS) is 14.8. The van der Waals surface area contributed by atoms with Crippen LogP contribution in [-0.2, 0) is 16.1 Å². The van der Waals surface area contributed by atoms with Crippen LogP contribution in [-0.4, -0.2) is 47.1 Å². The molecule has 1 saturated heterocycles. The average Bonchev–Trinajstić information content (AvgIpc) is 3.28. The minimum Gasteiger partial charge on any atom is -0.465 e. The van der Waals surface area contributed by atoms with Gasteiger partial charge >= 0.3 is 5.97 Å². The lowest BCUT2D eigenvalue weighted by molar-refractivity contribution is -0.121. The summed E-state index contributed by atoms with van der Waals surface area (Å²) >= 11 is 0. The monoisotopic (exact) mass is 434 g/mol. The lowest BCUT2D eigenvalue weighted by Gasteiger charge is -2.30. The topological polar surface area (TPSA) is 97.6 Å². The fourth-order valence-electron chi connectivity index (χ4n) is 3.88. The molecule has 8 heteroatoms. The second-order valence-corrected chi connectivity index (χ2v) is 7.96. The minimum absolute atomic E-state index is 0.0828. The first-order valence-electron chi connectivity index (χ1n) is 10.6. The summed E-state index contributed by atoms with van der Waals surface area (Å²) in [5, 5.41) is 6.98. The number of aromatic nitrogens is 2. The number of amides is 1. The largest absolute Gasteiger partial charge is 0.465 e. The van der Waals surface area contributed by atoms with E-state index in [2.05, 4.69) is 20.4 Å². The Morgan fingerprint density at radius 2 is 1.94 bits per heavy atom. The number of hydrogen-bond acceptors (Lipinski definition) is 7. The highest BCUT2D eigenvalue weighted by Crippen LogP contribution is 2.23. The number of nitrogens with one attached hydrogen (secondary N) is 1. The van der Waals surface area contributed by atoms with Crippen molar-refractivity contribution in [2.45, 2.75) is 26.3 Å². The molecule has 32 heavy (non-hydrogen) atoms. The van der Waals surface area contributed by atoms with Crippen LogP contribution in [0.3, 0.4) is 0 Å². The summed E-state index contributed by atoms with van der Waals surface area (Å²) in [7, 11) is 1.32. The van der Waals surface area contributed by atoms with E-state index in [1.807, 2.05) is 31.2 Å². The molecule has 2 heterocycles. The van der Waals surface area contributed by atoms with E-state index in [0.717, 1.165) is 24.2 Å². The van der Waals surface area contributed by atoms with Crippen molar-refractivity contribution < 1.29 is 18.8 Å². The van der Waals surface area contributed by atoms with Crippen LogP contribution in [0.5, 0.6) is 0 Å². The first-order chi connectivity index (χ1) is 15.5. The number of aryl methyl sites for hydroxylation is 1. The van der Waals surface area contributed by atoms with Crippen molar-refractivity contribution in [1.29, 1.82) is 0 Å². The molecule has 1 aromatic heterocycles. The molecule has 1 aliphatic rings. The maximum atomic E-state index is 12.8. The molecule has 0 unspecified atom stereocenters. The summed E-state index contributed by atoms with van der Waals surface area (Å²) in [4.78, 5) is 31.4. The Bertz CT molecular complexity index is 1100. The molecule has 4 rings (SSSR count). The number of para-hydroxylation sites is 1. The maximum Gasteiger partial charge on any atom is 0.339 e. The predicted molar refractivity (Wildman–Crippen MR) is 119 cm³/mol. The van der Waals surface area contributed by atoms with Gasteiger partial charge in [0.05, 0.1) is 24.9 Å². The number of hydrogen-bond donors (Lipinski definition) is 1. The van der Waals surface area contributed by atoms with Crippen molar-refractivity contribution in [2.24, 2.45) is 5.92 Å². The first-order valence-corrected chi connectivity index (χ1v) is 10.6. The van der Waals surface area contributed by atoms with Crippen molar-refractivity contribution in [3.05, 3.63) is 65.5 Å². The van der Waals surface area contributed by atoms with E-state index in [9.17, 15) is 9.59 Å². The number of benzene rings is 2. The van der Waals surface area contributed by atoms with Gasteiger partial charge in [-0.05, 0) is 51.1 Å². The van der Waals surface area contributed by atoms with Gasteiger partial charge in [0.1, 0.15) is 0 Å². The molecule has 0 aliphatic carbocycles. The molecule has 8 nitrogen and oxygen atoms in total. The minimum atomic E-state index is -0.472. The van der Waals surface area contributed by atoms with Gasteiger partial charge in [-0.15, -0.1) is 0 Å². The van der Waals surface area contributed by atoms with Gasteiger partial charge in [-0.2, -0.15) is 4.98 Å². The Kier molecular flexibility index (Phi) is 6.61. The van der Waals surface area contributed by atoms with Crippen molar-refractivity contribution in [3.8, 4) is 11.4 Å². The third-order valence-electron chi connectivity index (χ3n) is 5.65. The van der Waals surface area contributed by atoms with Crippen LogP contribution in [0.2, 0.25) is 0 Å². The zero-order valence-corrected chi connectivity index (χ0v) is 18.2. The highest BCUT2D eigenvalue weighted by molar-refractivity contribution is 6.01. The number of piperidine rings is 1. The van der Waals surface area contributed by atoms with E-state index < -0.39 is 5.97 Å². The van der Waals surface area contributed by atoms with Crippen molar-refractivity contribution >= 4 is 17.6 Å². The van der Waals surface area contributed by atoms with Gasteiger partial charge in [0, 0.05) is 11.5 Å². The molecule has 0 atom stereocenters. The van der Waals surface area contributed by atoms with Crippen LogP contribution in [0.15, 0.2) is 53.1 Å². The fourth-order valence-corrected chi connectivity index (χ4v) is 3.88. The quantitative estimate of drug-likeness (QED) is 0.591. The Hall–Kier alpha value is -3.52. The zero-order chi connectivity index (χ0) is 22.5. The smallest absolute Gasteiger partial charge is 0.339 e. The summed E-state index contributed by atoms with van der Waals surface area (Å²) < 4.78 is 10.2. The number of rotatable bonds is 6. The Balaban J connectivity index is 1.31. The van der Waals surface area contributed by atoms with Crippen LogP contribution in [0.1, 0.15) is 34.7 Å². The highest BCUT2D eigenvalue weighted by Gasteiger charge is 2.27. The Labute approximate surface area is 186 Å². The maximum absolute atomic E-state index is 12.8. The summed E-state index contributed by atoms with van der Waals surface area (Å²) in [5.74, 6) is 0.474. The standard InChI is InChI=1S/C24H26N4O4/c1-16-6-5-7-18(14-16)22-26-21(32-27-22)15-28-12-10-17(11-13-28)23(29)25-20-9-4-3-8-19(20)24(30)31-2/h3-9,14,17H,10-13,15H2,1-2H3,(H,25,29). The summed E-state index contributed by atoms with van der Waals surface area (Å²) in [6.07, 6.45) is 1.43. The molecule has 0 saturated carbocycles. The molecule has 1 amide bonds. The van der Waals surface area contributed by atoms with Gasteiger partial charge in [-0.25, -0.2) is 4.79 Å². The van der Waals surface area contributed by atoms with E-state index in [-0.39, 0.29) is 11.8 Å². The van der Waals surface area contributed by atoms with Crippen LogP contribution < -0.4 is 5.32 Å². The lowest BCUT2D eigenvalue weighted by atomic mass is 9.95. The van der Waals surface area contributed by atoms with Crippen molar-refractivity contribution in [2.75, 3.05) is 25.5 Å². The number of carbonyl (C=O) groups is 2. The van der Waals surface area contributed by atoms with E-state index in [1.165, 1.54) is 7.11 Å². The third-order valence-corrected chi connectivity index (χ3v) is 5.65. The third kappa shape index (κ3) is 5.03. The Morgan fingerprint density at radius 1 is 1.16 bits per heavy atom. The zero-order valence-electron chi connectivity index (χ0n) is 18.2. The first kappa shape index (κ1) is 21.7. The van der Waals surface area contributed by atoms with E-state index in [1.54, 1.807) is 24.3 Å². The molecular weight excluding hydrogens is 408 g/mol. The van der Waals surface area contributed by atoms with Crippen molar-refractivity contribution in [3.63, 3.8) is 0 Å². The van der Waals surface area contributed by atoms with E-state index in [4.69, 9.17) is 9.26 Å². The number of carbonyl (C=O) groups excluding carboxylic acids is 2. The van der Waals surface area contributed by atoms with Crippen LogP contribution >= 0.6 is 0 Å². The summed E-state index contributed by atoms with van der Waals surface area (Å²) in [6.45, 7) is 4.08. The van der Waals surface area contributed by atoms with Crippen LogP contribution in [0, 0.1) is 12.8 Å². The predicted octanol–water partition coefficient (Wildman–Crippen LogP) is 3.68. The molecule has 0 spiro atoms. The van der Waals surface area contributed by atoms with Gasteiger partial charge in [-0.1, -0.05) is 41.1 Å². The van der Waals surface area contributed by atoms with Crippen LogP contribution in [0.4, 0.5) is 5.69 Å².